The van der Waals surface area contributed by atoms with Crippen LogP contribution in [-0.4, -0.2) is 33.8 Å². The van der Waals surface area contributed by atoms with Gasteiger partial charge in [0, 0.05) is 5.56 Å². The number of anilines is 1. The van der Waals surface area contributed by atoms with E-state index in [1.807, 2.05) is 36.4 Å². The smallest absolute Gasteiger partial charge is 0.274 e. The van der Waals surface area contributed by atoms with E-state index in [1.54, 1.807) is 11.5 Å². The van der Waals surface area contributed by atoms with Crippen molar-refractivity contribution in [1.29, 1.82) is 0 Å². The lowest BCUT2D eigenvalue weighted by Crippen LogP contribution is -2.38. The molecule has 0 aliphatic carbocycles. The summed E-state index contributed by atoms with van der Waals surface area (Å²) in [5.74, 6) is -0.418. The molecule has 3 aromatic rings. The highest BCUT2D eigenvalue weighted by molar-refractivity contribution is 6.01. The zero-order valence-electron chi connectivity index (χ0n) is 14.2. The number of ether oxygens (including phenoxy) is 1. The number of aromatic amines is 1. The minimum absolute atomic E-state index is 0.0888. The molecule has 136 valence electrons. The average Bonchev–Trinajstić information content (AvgIpc) is 3.18. The van der Waals surface area contributed by atoms with Crippen LogP contribution in [0.2, 0.25) is 0 Å². The third-order valence-electron chi connectivity index (χ3n) is 4.30. The number of rotatable bonds is 4. The Bertz CT molecular complexity index is 1000. The van der Waals surface area contributed by atoms with Gasteiger partial charge in [-0.2, -0.15) is 5.10 Å². The first-order valence-corrected chi connectivity index (χ1v) is 8.27. The maximum atomic E-state index is 12.4. The number of carbonyl (C=O) groups excluding carboxylic acids is 2. The lowest BCUT2D eigenvalue weighted by molar-refractivity contribution is -0.121. The van der Waals surface area contributed by atoms with Gasteiger partial charge in [-0.3, -0.25) is 24.8 Å². The Kier molecular flexibility index (Phi) is 4.31. The number of carbonyl (C=O) groups is 2. The highest BCUT2D eigenvalue weighted by Gasteiger charge is 2.27. The first-order chi connectivity index (χ1) is 13.2. The quantitative estimate of drug-likeness (QED) is 0.485. The van der Waals surface area contributed by atoms with Crippen LogP contribution in [0, 0.1) is 0 Å². The molecular weight excluding hydrogens is 348 g/mol. The third-order valence-corrected chi connectivity index (χ3v) is 4.30. The molecule has 2 heterocycles. The van der Waals surface area contributed by atoms with E-state index in [9.17, 15) is 9.59 Å². The van der Waals surface area contributed by atoms with Crippen LogP contribution in [0.4, 0.5) is 5.69 Å². The molecule has 0 spiro atoms. The summed E-state index contributed by atoms with van der Waals surface area (Å²) in [5.41, 5.74) is 4.77. The predicted molar refractivity (Wildman–Crippen MR) is 96.4 cm³/mol. The van der Waals surface area contributed by atoms with Gasteiger partial charge in [0.25, 0.3) is 11.8 Å². The maximum Gasteiger partial charge on any atom is 0.274 e. The van der Waals surface area contributed by atoms with Crippen molar-refractivity contribution < 1.29 is 19.5 Å². The Morgan fingerprint density at radius 1 is 1.22 bits per heavy atom. The van der Waals surface area contributed by atoms with E-state index in [1.165, 1.54) is 17.0 Å². The van der Waals surface area contributed by atoms with Crippen LogP contribution in [0.3, 0.4) is 0 Å². The van der Waals surface area contributed by atoms with Crippen LogP contribution in [0.25, 0.3) is 11.3 Å². The van der Waals surface area contributed by atoms with Crippen molar-refractivity contribution in [3.8, 4) is 17.0 Å². The molecule has 0 saturated heterocycles. The first-order valence-electron chi connectivity index (χ1n) is 8.27. The Labute approximate surface area is 154 Å². The maximum absolute atomic E-state index is 12.4. The molecular formula is C19H16N4O4. The number of amides is 2. The van der Waals surface area contributed by atoms with Gasteiger partial charge in [0.15, 0.2) is 6.61 Å². The van der Waals surface area contributed by atoms with Gasteiger partial charge in [0.2, 0.25) is 0 Å². The van der Waals surface area contributed by atoms with Crippen molar-refractivity contribution in [2.75, 3.05) is 11.5 Å². The van der Waals surface area contributed by atoms with E-state index in [0.717, 1.165) is 11.3 Å². The highest BCUT2D eigenvalue weighted by Crippen LogP contribution is 2.34. The summed E-state index contributed by atoms with van der Waals surface area (Å²) in [6.45, 7) is 0.136. The van der Waals surface area contributed by atoms with Crippen molar-refractivity contribution >= 4 is 17.5 Å². The van der Waals surface area contributed by atoms with Gasteiger partial charge in [0.1, 0.15) is 5.75 Å². The SMILES string of the molecule is O=C(NO)c1ccc2c(c1)N(Cc1cc(-c3ccccc3)[nH]n1)C(=O)CO2. The molecule has 2 amide bonds. The average molecular weight is 364 g/mol. The van der Waals surface area contributed by atoms with Gasteiger partial charge in [-0.25, -0.2) is 5.48 Å². The molecule has 0 atom stereocenters. The fourth-order valence-electron chi connectivity index (χ4n) is 2.95. The molecule has 3 N–H and O–H groups in total. The Hall–Kier alpha value is -3.65. The van der Waals surface area contributed by atoms with Crippen molar-refractivity contribution in [3.63, 3.8) is 0 Å². The standard InChI is InChI=1S/C19H16N4O4/c24-18-11-27-17-7-6-13(19(25)22-26)8-16(17)23(18)10-14-9-15(21-20-14)12-4-2-1-3-5-12/h1-9,26H,10-11H2,(H,20,21)(H,22,25). The number of hydrogen-bond acceptors (Lipinski definition) is 5. The van der Waals surface area contributed by atoms with Gasteiger partial charge < -0.3 is 4.74 Å². The Balaban J connectivity index is 1.64. The lowest BCUT2D eigenvalue weighted by atomic mass is 10.1. The van der Waals surface area contributed by atoms with Crippen LogP contribution >= 0.6 is 0 Å². The van der Waals surface area contributed by atoms with Crippen LogP contribution in [-0.2, 0) is 11.3 Å². The number of nitrogens with one attached hydrogen (secondary N) is 2. The van der Waals surface area contributed by atoms with Gasteiger partial charge in [-0.05, 0) is 29.8 Å². The van der Waals surface area contributed by atoms with Crippen LogP contribution < -0.4 is 15.1 Å². The summed E-state index contributed by atoms with van der Waals surface area (Å²) in [4.78, 5) is 25.6. The third kappa shape index (κ3) is 3.25. The van der Waals surface area contributed by atoms with Crippen molar-refractivity contribution in [1.82, 2.24) is 15.7 Å². The summed E-state index contributed by atoms with van der Waals surface area (Å²) in [6, 6.07) is 16.2. The number of aromatic nitrogens is 2. The molecule has 1 aliphatic heterocycles. The Morgan fingerprint density at radius 3 is 2.81 bits per heavy atom. The fourth-order valence-corrected chi connectivity index (χ4v) is 2.95. The van der Waals surface area contributed by atoms with E-state index in [2.05, 4.69) is 10.2 Å². The molecule has 0 bridgehead atoms. The summed E-state index contributed by atoms with van der Waals surface area (Å²) in [5, 5.41) is 16.1. The highest BCUT2D eigenvalue weighted by atomic mass is 16.5. The van der Waals surface area contributed by atoms with Gasteiger partial charge >= 0.3 is 0 Å². The zero-order valence-corrected chi connectivity index (χ0v) is 14.2. The number of benzene rings is 2. The summed E-state index contributed by atoms with van der Waals surface area (Å²) in [7, 11) is 0. The first kappa shape index (κ1) is 16.8. The predicted octanol–water partition coefficient (Wildman–Crippen LogP) is 2.12. The van der Waals surface area contributed by atoms with E-state index in [-0.39, 0.29) is 24.6 Å². The molecule has 2 aromatic carbocycles. The second kappa shape index (κ2) is 6.93. The van der Waals surface area contributed by atoms with E-state index in [4.69, 9.17) is 9.94 Å². The monoisotopic (exact) mass is 364 g/mol. The molecule has 0 fully saturated rings. The van der Waals surface area contributed by atoms with Gasteiger partial charge in [-0.1, -0.05) is 30.3 Å². The number of H-pyrrole nitrogens is 1. The molecule has 8 heteroatoms. The van der Waals surface area contributed by atoms with E-state index < -0.39 is 5.91 Å². The number of hydrogen-bond donors (Lipinski definition) is 3. The zero-order chi connectivity index (χ0) is 18.8. The summed E-state index contributed by atoms with van der Waals surface area (Å²) >= 11 is 0. The second-order valence-electron chi connectivity index (χ2n) is 6.03. The largest absolute Gasteiger partial charge is 0.482 e. The van der Waals surface area contributed by atoms with Crippen LogP contribution in [0.15, 0.2) is 54.6 Å². The molecule has 1 aliphatic rings. The number of fused-ring (bicyclic) bond motifs is 1. The van der Waals surface area contributed by atoms with Gasteiger partial charge in [0.05, 0.1) is 23.6 Å². The molecule has 0 saturated carbocycles. The molecule has 4 rings (SSSR count). The molecule has 27 heavy (non-hydrogen) atoms. The van der Waals surface area contributed by atoms with Crippen molar-refractivity contribution in [2.24, 2.45) is 0 Å². The van der Waals surface area contributed by atoms with Crippen LogP contribution in [0.5, 0.6) is 5.75 Å². The molecule has 1 aromatic heterocycles. The minimum Gasteiger partial charge on any atom is -0.482 e. The molecule has 8 nitrogen and oxygen atoms in total. The van der Waals surface area contributed by atoms with E-state index >= 15 is 0 Å². The number of nitrogens with zero attached hydrogens (tertiary/aromatic N) is 2. The number of hydroxylamine groups is 1. The normalized spacial score (nSPS) is 13.1. The molecule has 0 unspecified atom stereocenters. The summed E-state index contributed by atoms with van der Waals surface area (Å²) < 4.78 is 5.43. The lowest BCUT2D eigenvalue weighted by Gasteiger charge is -2.29. The van der Waals surface area contributed by atoms with Crippen LogP contribution in [0.1, 0.15) is 16.1 Å². The topological polar surface area (TPSA) is 108 Å². The van der Waals surface area contributed by atoms with Crippen molar-refractivity contribution in [3.05, 3.63) is 65.9 Å². The molecule has 0 radical (unpaired) electrons. The van der Waals surface area contributed by atoms with Crippen molar-refractivity contribution in [2.45, 2.75) is 6.54 Å². The summed E-state index contributed by atoms with van der Waals surface area (Å²) in [6.07, 6.45) is 0. The second-order valence-corrected chi connectivity index (χ2v) is 6.03. The Morgan fingerprint density at radius 2 is 2.04 bits per heavy atom. The minimum atomic E-state index is -0.665. The van der Waals surface area contributed by atoms with Gasteiger partial charge in [-0.15, -0.1) is 0 Å². The fraction of sp³-hybridized carbons (Fsp3) is 0.105. The van der Waals surface area contributed by atoms with E-state index in [0.29, 0.717) is 17.1 Å².